The van der Waals surface area contributed by atoms with Crippen LogP contribution >= 0.6 is 11.8 Å². The Morgan fingerprint density at radius 1 is 1.39 bits per heavy atom. The van der Waals surface area contributed by atoms with Gasteiger partial charge in [-0.25, -0.2) is 4.39 Å². The first-order chi connectivity index (χ1) is 8.81. The first-order valence-electron chi connectivity index (χ1n) is 6.92. The van der Waals surface area contributed by atoms with Crippen LogP contribution in [0.15, 0.2) is 29.2 Å². The molecule has 1 N–H and O–H groups in total. The lowest BCUT2D eigenvalue weighted by Gasteiger charge is -2.34. The van der Waals surface area contributed by atoms with Gasteiger partial charge in [-0.1, -0.05) is 25.5 Å². The molecule has 3 heteroatoms. The van der Waals surface area contributed by atoms with Crippen molar-refractivity contribution in [2.75, 3.05) is 12.3 Å². The van der Waals surface area contributed by atoms with Gasteiger partial charge in [0.15, 0.2) is 0 Å². The Kier molecular flexibility index (Phi) is 5.51. The molecule has 1 aliphatic carbocycles. The van der Waals surface area contributed by atoms with E-state index in [0.29, 0.717) is 6.04 Å². The predicted molar refractivity (Wildman–Crippen MR) is 76.5 cm³/mol. The summed E-state index contributed by atoms with van der Waals surface area (Å²) in [5, 5.41) is 3.62. The molecule has 1 aromatic carbocycles. The zero-order valence-electron chi connectivity index (χ0n) is 11.0. The van der Waals surface area contributed by atoms with Crippen molar-refractivity contribution in [1.29, 1.82) is 0 Å². The average Bonchev–Trinajstić information content (AvgIpc) is 2.32. The topological polar surface area (TPSA) is 12.0 Å². The van der Waals surface area contributed by atoms with Crippen LogP contribution in [0.2, 0.25) is 0 Å². The van der Waals surface area contributed by atoms with Gasteiger partial charge < -0.3 is 5.32 Å². The van der Waals surface area contributed by atoms with Gasteiger partial charge in [-0.2, -0.15) is 0 Å². The fourth-order valence-electron chi connectivity index (χ4n) is 2.27. The minimum Gasteiger partial charge on any atom is -0.313 e. The maximum Gasteiger partial charge on any atom is 0.136 e. The molecule has 0 amide bonds. The quantitative estimate of drug-likeness (QED) is 0.747. The lowest BCUT2D eigenvalue weighted by molar-refractivity contribution is 0.244. The van der Waals surface area contributed by atoms with Crippen molar-refractivity contribution in [3.63, 3.8) is 0 Å². The molecule has 1 atom stereocenters. The standard InChI is InChI=1S/C15H22FNS/c1-2-10-17-14(12-6-5-7-12)11-18-15-9-4-3-8-13(15)16/h3-4,8-9,12,14,17H,2,5-7,10-11H2,1H3. The van der Waals surface area contributed by atoms with E-state index in [9.17, 15) is 4.39 Å². The maximum absolute atomic E-state index is 13.5. The molecule has 0 radical (unpaired) electrons. The molecule has 0 aromatic heterocycles. The summed E-state index contributed by atoms with van der Waals surface area (Å²) in [4.78, 5) is 0.778. The number of halogens is 1. The van der Waals surface area contributed by atoms with Gasteiger partial charge in [0.25, 0.3) is 0 Å². The van der Waals surface area contributed by atoms with E-state index >= 15 is 0 Å². The highest BCUT2D eigenvalue weighted by molar-refractivity contribution is 7.99. The van der Waals surface area contributed by atoms with Gasteiger partial charge >= 0.3 is 0 Å². The molecule has 1 nitrogen and oxygen atoms in total. The lowest BCUT2D eigenvalue weighted by Crippen LogP contribution is -2.41. The van der Waals surface area contributed by atoms with Gasteiger partial charge in [0.2, 0.25) is 0 Å². The van der Waals surface area contributed by atoms with Crippen LogP contribution in [0.3, 0.4) is 0 Å². The molecule has 0 saturated heterocycles. The Balaban J connectivity index is 1.86. The average molecular weight is 267 g/mol. The van der Waals surface area contributed by atoms with Crippen molar-refractivity contribution < 1.29 is 4.39 Å². The van der Waals surface area contributed by atoms with Crippen LogP contribution in [0.1, 0.15) is 32.6 Å². The minimum atomic E-state index is -0.0923. The molecule has 0 aliphatic heterocycles. The Morgan fingerprint density at radius 3 is 2.78 bits per heavy atom. The van der Waals surface area contributed by atoms with Crippen LogP contribution in [-0.4, -0.2) is 18.3 Å². The molecule has 1 saturated carbocycles. The van der Waals surface area contributed by atoms with Crippen molar-refractivity contribution in [1.82, 2.24) is 5.32 Å². The fraction of sp³-hybridized carbons (Fsp3) is 0.600. The summed E-state index contributed by atoms with van der Waals surface area (Å²) in [5.41, 5.74) is 0. The minimum absolute atomic E-state index is 0.0923. The molecule has 2 rings (SSSR count). The van der Waals surface area contributed by atoms with Crippen molar-refractivity contribution >= 4 is 11.8 Å². The zero-order chi connectivity index (χ0) is 12.8. The van der Waals surface area contributed by atoms with Gasteiger partial charge in [-0.05, 0) is 43.9 Å². The molecular formula is C15H22FNS. The first-order valence-corrected chi connectivity index (χ1v) is 7.90. The van der Waals surface area contributed by atoms with E-state index in [4.69, 9.17) is 0 Å². The third-order valence-corrected chi connectivity index (χ3v) is 4.80. The second-order valence-electron chi connectivity index (χ2n) is 4.99. The molecule has 1 unspecified atom stereocenters. The van der Waals surface area contributed by atoms with E-state index in [0.717, 1.165) is 29.5 Å². The third kappa shape index (κ3) is 3.72. The molecule has 1 fully saturated rings. The van der Waals surface area contributed by atoms with E-state index in [1.54, 1.807) is 23.9 Å². The van der Waals surface area contributed by atoms with Crippen molar-refractivity contribution in [3.8, 4) is 0 Å². The van der Waals surface area contributed by atoms with Gasteiger partial charge in [0.05, 0.1) is 0 Å². The second kappa shape index (κ2) is 7.15. The maximum atomic E-state index is 13.5. The molecule has 18 heavy (non-hydrogen) atoms. The van der Waals surface area contributed by atoms with E-state index < -0.39 is 0 Å². The smallest absolute Gasteiger partial charge is 0.136 e. The highest BCUT2D eigenvalue weighted by Gasteiger charge is 2.26. The van der Waals surface area contributed by atoms with E-state index in [1.165, 1.54) is 19.3 Å². The Bertz CT molecular complexity index is 365. The highest BCUT2D eigenvalue weighted by atomic mass is 32.2. The monoisotopic (exact) mass is 267 g/mol. The highest BCUT2D eigenvalue weighted by Crippen LogP contribution is 2.32. The van der Waals surface area contributed by atoms with Crippen molar-refractivity contribution in [2.24, 2.45) is 5.92 Å². The number of nitrogens with one attached hydrogen (secondary N) is 1. The van der Waals surface area contributed by atoms with E-state index in [2.05, 4.69) is 12.2 Å². The summed E-state index contributed by atoms with van der Waals surface area (Å²) in [6.45, 7) is 3.26. The van der Waals surface area contributed by atoms with Gasteiger partial charge in [0.1, 0.15) is 5.82 Å². The van der Waals surface area contributed by atoms with Crippen molar-refractivity contribution in [2.45, 2.75) is 43.5 Å². The summed E-state index contributed by atoms with van der Waals surface area (Å²) < 4.78 is 13.5. The molecule has 0 spiro atoms. The third-order valence-electron chi connectivity index (χ3n) is 3.63. The Morgan fingerprint density at radius 2 is 2.17 bits per heavy atom. The Labute approximate surface area is 114 Å². The molecule has 1 aliphatic rings. The normalized spacial score (nSPS) is 17.4. The van der Waals surface area contributed by atoms with Gasteiger partial charge in [0, 0.05) is 16.7 Å². The fourth-order valence-corrected chi connectivity index (χ4v) is 3.40. The number of hydrogen-bond acceptors (Lipinski definition) is 2. The van der Waals surface area contributed by atoms with E-state index in [1.807, 2.05) is 12.1 Å². The summed E-state index contributed by atoms with van der Waals surface area (Å²) in [5.74, 6) is 1.69. The molecule has 0 heterocycles. The van der Waals surface area contributed by atoms with Crippen LogP contribution in [0.25, 0.3) is 0 Å². The van der Waals surface area contributed by atoms with Crippen LogP contribution in [0, 0.1) is 11.7 Å². The Hall–Kier alpha value is -0.540. The summed E-state index contributed by atoms with van der Waals surface area (Å²) >= 11 is 1.65. The SMILES string of the molecule is CCCNC(CSc1ccccc1F)C1CCC1. The molecule has 0 bridgehead atoms. The number of rotatable bonds is 7. The predicted octanol–water partition coefficient (Wildman–Crippen LogP) is 4.09. The second-order valence-corrected chi connectivity index (χ2v) is 6.05. The lowest BCUT2D eigenvalue weighted by atomic mass is 9.80. The summed E-state index contributed by atoms with van der Waals surface area (Å²) in [6, 6.07) is 7.61. The van der Waals surface area contributed by atoms with Crippen molar-refractivity contribution in [3.05, 3.63) is 30.1 Å². The van der Waals surface area contributed by atoms with Crippen LogP contribution in [-0.2, 0) is 0 Å². The number of benzene rings is 1. The molecule has 100 valence electrons. The molecule has 1 aromatic rings. The van der Waals surface area contributed by atoms with E-state index in [-0.39, 0.29) is 5.82 Å². The summed E-state index contributed by atoms with van der Waals surface area (Å²) in [6.07, 6.45) is 5.19. The number of thioether (sulfide) groups is 1. The van der Waals surface area contributed by atoms with Crippen LogP contribution < -0.4 is 5.32 Å². The zero-order valence-corrected chi connectivity index (χ0v) is 11.8. The van der Waals surface area contributed by atoms with Gasteiger partial charge in [-0.3, -0.25) is 0 Å². The summed E-state index contributed by atoms with van der Waals surface area (Å²) in [7, 11) is 0. The van der Waals surface area contributed by atoms with Crippen LogP contribution in [0.4, 0.5) is 4.39 Å². The number of hydrogen-bond donors (Lipinski definition) is 1. The largest absolute Gasteiger partial charge is 0.313 e. The molecular weight excluding hydrogens is 245 g/mol. The van der Waals surface area contributed by atoms with Crippen LogP contribution in [0.5, 0.6) is 0 Å². The first kappa shape index (κ1) is 13.9. The van der Waals surface area contributed by atoms with Gasteiger partial charge in [-0.15, -0.1) is 11.8 Å².